The Labute approximate surface area is 152 Å². The molecule has 1 aromatic carbocycles. The van der Waals surface area contributed by atoms with Crippen molar-refractivity contribution in [3.63, 3.8) is 0 Å². The first-order chi connectivity index (χ1) is 11.9. The van der Waals surface area contributed by atoms with Crippen molar-refractivity contribution in [2.24, 2.45) is 0 Å². The molecule has 0 unspecified atom stereocenters. The molecule has 1 N–H and O–H groups in total. The number of hydrogen-bond donors (Lipinski definition) is 1. The Morgan fingerprint density at radius 1 is 1.20 bits per heavy atom. The highest BCUT2D eigenvalue weighted by Crippen LogP contribution is 2.23. The number of halogens is 2. The van der Waals surface area contributed by atoms with Crippen LogP contribution in [0, 0.1) is 5.82 Å². The number of amides is 1. The van der Waals surface area contributed by atoms with Gasteiger partial charge in [-0.2, -0.15) is 0 Å². The summed E-state index contributed by atoms with van der Waals surface area (Å²) in [7, 11) is 0. The van der Waals surface area contributed by atoms with Gasteiger partial charge in [-0.1, -0.05) is 23.7 Å². The monoisotopic (exact) mass is 383 g/mol. The van der Waals surface area contributed by atoms with E-state index >= 15 is 0 Å². The number of ketones is 1. The minimum atomic E-state index is -1.11. The predicted octanol–water partition coefficient (Wildman–Crippen LogP) is 4.07. The molecule has 132 valence electrons. The van der Waals surface area contributed by atoms with Crippen molar-refractivity contribution in [1.82, 2.24) is 0 Å². The molecule has 0 spiro atoms. The lowest BCUT2D eigenvalue weighted by atomic mass is 10.2. The highest BCUT2D eigenvalue weighted by Gasteiger charge is 2.20. The molecule has 25 heavy (non-hydrogen) atoms. The number of esters is 1. The Kier molecular flexibility index (Phi) is 6.66. The van der Waals surface area contributed by atoms with Crippen molar-refractivity contribution < 1.29 is 23.5 Å². The van der Waals surface area contributed by atoms with E-state index < -0.39 is 23.8 Å². The number of thiophene rings is 1. The van der Waals surface area contributed by atoms with Crippen molar-refractivity contribution in [2.75, 3.05) is 5.32 Å². The fourth-order valence-electron chi connectivity index (χ4n) is 1.91. The summed E-state index contributed by atoms with van der Waals surface area (Å²) >= 11 is 6.89. The van der Waals surface area contributed by atoms with Gasteiger partial charge in [0, 0.05) is 6.42 Å². The third-order valence-electron chi connectivity index (χ3n) is 3.21. The molecule has 0 aliphatic heterocycles. The van der Waals surface area contributed by atoms with Crippen molar-refractivity contribution >= 4 is 46.3 Å². The average Bonchev–Trinajstić information content (AvgIpc) is 3.01. The summed E-state index contributed by atoms with van der Waals surface area (Å²) in [4.78, 5) is 36.0. The van der Waals surface area contributed by atoms with Gasteiger partial charge < -0.3 is 10.1 Å². The molecule has 1 atom stereocenters. The van der Waals surface area contributed by atoms with Gasteiger partial charge in [0.1, 0.15) is 5.82 Å². The van der Waals surface area contributed by atoms with Gasteiger partial charge in [0.25, 0.3) is 5.91 Å². The normalized spacial score (nSPS) is 11.6. The lowest BCUT2D eigenvalue weighted by molar-refractivity contribution is -0.153. The van der Waals surface area contributed by atoms with E-state index in [0.29, 0.717) is 9.21 Å². The first-order valence-electron chi connectivity index (χ1n) is 7.40. The Hall–Kier alpha value is -2.25. The third kappa shape index (κ3) is 5.65. The van der Waals surface area contributed by atoms with Gasteiger partial charge in [0.15, 0.2) is 11.9 Å². The number of nitrogens with one attached hydrogen (secondary N) is 1. The highest BCUT2D eigenvalue weighted by molar-refractivity contribution is 7.18. The second kappa shape index (κ2) is 8.73. The van der Waals surface area contributed by atoms with Gasteiger partial charge in [-0.05, 0) is 31.2 Å². The van der Waals surface area contributed by atoms with E-state index in [1.807, 2.05) is 0 Å². The number of ether oxygens (including phenoxy) is 1. The molecular formula is C17H15ClFNO4S. The van der Waals surface area contributed by atoms with Gasteiger partial charge in [0.05, 0.1) is 21.3 Å². The van der Waals surface area contributed by atoms with Crippen LogP contribution in [0.1, 0.15) is 29.4 Å². The first-order valence-corrected chi connectivity index (χ1v) is 8.59. The molecule has 1 aromatic heterocycles. The zero-order valence-corrected chi connectivity index (χ0v) is 14.8. The zero-order chi connectivity index (χ0) is 18.4. The maximum Gasteiger partial charge on any atom is 0.307 e. The topological polar surface area (TPSA) is 72.5 Å². The Morgan fingerprint density at radius 3 is 2.56 bits per heavy atom. The molecular weight excluding hydrogens is 369 g/mol. The molecule has 0 aliphatic carbocycles. The van der Waals surface area contributed by atoms with Gasteiger partial charge in [-0.25, -0.2) is 4.39 Å². The molecule has 0 fully saturated rings. The standard InChI is InChI=1S/C17H15ClFNO4S/c1-10(17(23)20-12-5-3-2-4-11(12)19)24-16(22)9-6-13(21)14-7-8-15(18)25-14/h2-5,7-8,10H,6,9H2,1H3,(H,20,23)/t10-/m1/s1. The number of benzene rings is 1. The van der Waals surface area contributed by atoms with Crippen molar-refractivity contribution in [3.05, 3.63) is 51.4 Å². The van der Waals surface area contributed by atoms with E-state index in [1.54, 1.807) is 18.2 Å². The Balaban J connectivity index is 1.80. The van der Waals surface area contributed by atoms with Crippen molar-refractivity contribution in [1.29, 1.82) is 0 Å². The molecule has 2 aromatic rings. The van der Waals surface area contributed by atoms with Gasteiger partial charge >= 0.3 is 5.97 Å². The van der Waals surface area contributed by atoms with E-state index in [9.17, 15) is 18.8 Å². The number of carbonyl (C=O) groups is 3. The number of hydrogen-bond acceptors (Lipinski definition) is 5. The first kappa shape index (κ1) is 19.1. The molecule has 0 saturated heterocycles. The van der Waals surface area contributed by atoms with Crippen molar-refractivity contribution in [3.8, 4) is 0 Å². The highest BCUT2D eigenvalue weighted by atomic mass is 35.5. The van der Waals surface area contributed by atoms with Crippen LogP contribution < -0.4 is 5.32 Å². The van der Waals surface area contributed by atoms with Crippen LogP contribution in [-0.2, 0) is 14.3 Å². The molecule has 0 saturated carbocycles. The predicted molar refractivity (Wildman–Crippen MR) is 93.5 cm³/mol. The number of rotatable bonds is 7. The van der Waals surface area contributed by atoms with Crippen LogP contribution in [0.15, 0.2) is 36.4 Å². The third-order valence-corrected chi connectivity index (χ3v) is 4.49. The molecule has 0 aliphatic rings. The number of carbonyl (C=O) groups excluding carboxylic acids is 3. The molecule has 0 bridgehead atoms. The molecule has 1 amide bonds. The smallest absolute Gasteiger partial charge is 0.307 e. The largest absolute Gasteiger partial charge is 0.453 e. The summed E-state index contributed by atoms with van der Waals surface area (Å²) in [5.41, 5.74) is 0.000140. The van der Waals surface area contributed by atoms with Gasteiger partial charge in [-0.15, -0.1) is 11.3 Å². The quantitative estimate of drug-likeness (QED) is 0.577. The van der Waals surface area contributed by atoms with Crippen LogP contribution >= 0.6 is 22.9 Å². The van der Waals surface area contributed by atoms with Crippen LogP contribution in [0.5, 0.6) is 0 Å². The lowest BCUT2D eigenvalue weighted by Gasteiger charge is -2.13. The summed E-state index contributed by atoms with van der Waals surface area (Å²) in [6.07, 6.45) is -1.32. The van der Waals surface area contributed by atoms with E-state index in [2.05, 4.69) is 5.32 Å². The van der Waals surface area contributed by atoms with Crippen LogP contribution in [0.25, 0.3) is 0 Å². The summed E-state index contributed by atoms with van der Waals surface area (Å²) in [6, 6.07) is 8.85. The molecule has 2 rings (SSSR count). The minimum absolute atomic E-state index is 0.000140. The summed E-state index contributed by atoms with van der Waals surface area (Å²) in [6.45, 7) is 1.37. The van der Waals surface area contributed by atoms with Gasteiger partial charge in [0.2, 0.25) is 0 Å². The number of Topliss-reactive ketones (excluding diaryl/α,β-unsaturated/α-hetero) is 1. The van der Waals surface area contributed by atoms with Crippen LogP contribution in [0.2, 0.25) is 4.34 Å². The van der Waals surface area contributed by atoms with Crippen LogP contribution in [0.3, 0.4) is 0 Å². The van der Waals surface area contributed by atoms with Gasteiger partial charge in [-0.3, -0.25) is 14.4 Å². The average molecular weight is 384 g/mol. The van der Waals surface area contributed by atoms with Crippen LogP contribution in [0.4, 0.5) is 10.1 Å². The van der Waals surface area contributed by atoms with Crippen LogP contribution in [-0.4, -0.2) is 23.8 Å². The molecule has 0 radical (unpaired) electrons. The Bertz CT molecular complexity index is 792. The van der Waals surface area contributed by atoms with E-state index in [-0.39, 0.29) is 24.3 Å². The molecule has 1 heterocycles. The Morgan fingerprint density at radius 2 is 1.92 bits per heavy atom. The lowest BCUT2D eigenvalue weighted by Crippen LogP contribution is -2.30. The SMILES string of the molecule is C[C@@H](OC(=O)CCC(=O)c1ccc(Cl)s1)C(=O)Nc1ccccc1F. The maximum absolute atomic E-state index is 13.5. The maximum atomic E-state index is 13.5. The second-order valence-electron chi connectivity index (χ2n) is 5.13. The summed E-state index contributed by atoms with van der Waals surface area (Å²) in [5.74, 6) is -2.16. The molecule has 8 heteroatoms. The number of para-hydroxylation sites is 1. The zero-order valence-electron chi connectivity index (χ0n) is 13.3. The van der Waals surface area contributed by atoms with E-state index in [1.165, 1.54) is 25.1 Å². The van der Waals surface area contributed by atoms with Crippen molar-refractivity contribution in [2.45, 2.75) is 25.9 Å². The summed E-state index contributed by atoms with van der Waals surface area (Å²) in [5, 5.41) is 2.34. The second-order valence-corrected chi connectivity index (χ2v) is 6.84. The molecule has 5 nitrogen and oxygen atoms in total. The fourth-order valence-corrected chi connectivity index (χ4v) is 2.92. The summed E-state index contributed by atoms with van der Waals surface area (Å²) < 4.78 is 18.9. The van der Waals surface area contributed by atoms with E-state index in [0.717, 1.165) is 11.3 Å². The fraction of sp³-hybridized carbons (Fsp3) is 0.235. The van der Waals surface area contributed by atoms with E-state index in [4.69, 9.17) is 16.3 Å². The minimum Gasteiger partial charge on any atom is -0.453 e. The number of anilines is 1.